The molecule has 0 amide bonds. The molecule has 1 atom stereocenters. The number of hydrogen-bond acceptors (Lipinski definition) is 3. The van der Waals surface area contributed by atoms with E-state index in [0.717, 1.165) is 23.6 Å². The molecule has 0 radical (unpaired) electrons. The van der Waals surface area contributed by atoms with Gasteiger partial charge in [0.25, 0.3) is 0 Å². The lowest BCUT2D eigenvalue weighted by atomic mass is 9.80. The third-order valence-electron chi connectivity index (χ3n) is 4.22. The number of thioether (sulfide) groups is 1. The van der Waals surface area contributed by atoms with Crippen molar-refractivity contribution in [2.24, 2.45) is 17.6 Å². The summed E-state index contributed by atoms with van der Waals surface area (Å²) in [5.74, 6) is 2.71. The van der Waals surface area contributed by atoms with Gasteiger partial charge in [-0.05, 0) is 31.1 Å². The van der Waals surface area contributed by atoms with E-state index >= 15 is 0 Å². The highest BCUT2D eigenvalue weighted by Crippen LogP contribution is 2.34. The average molecular weight is 287 g/mol. The van der Waals surface area contributed by atoms with E-state index in [2.05, 4.69) is 51.3 Å². The molecule has 3 heteroatoms. The molecular formula is C16H34N2S. The predicted molar refractivity (Wildman–Crippen MR) is 88.8 cm³/mol. The molecule has 19 heavy (non-hydrogen) atoms. The Labute approximate surface area is 124 Å². The van der Waals surface area contributed by atoms with Crippen molar-refractivity contribution in [2.45, 2.75) is 64.7 Å². The van der Waals surface area contributed by atoms with E-state index in [4.69, 9.17) is 5.73 Å². The summed E-state index contributed by atoms with van der Waals surface area (Å²) in [7, 11) is 0. The zero-order valence-corrected chi connectivity index (χ0v) is 14.4. The summed E-state index contributed by atoms with van der Waals surface area (Å²) < 4.78 is 0. The molecular weight excluding hydrogens is 252 g/mol. The van der Waals surface area contributed by atoms with Crippen LogP contribution in [0.4, 0.5) is 0 Å². The molecule has 1 unspecified atom stereocenters. The molecule has 0 aromatic rings. The molecule has 0 spiro atoms. The monoisotopic (exact) mass is 286 g/mol. The lowest BCUT2D eigenvalue weighted by Crippen LogP contribution is -2.59. The van der Waals surface area contributed by atoms with Gasteiger partial charge < -0.3 is 5.73 Å². The lowest BCUT2D eigenvalue weighted by molar-refractivity contribution is 0.0559. The summed E-state index contributed by atoms with van der Waals surface area (Å²) in [5, 5.41) is 0.805. The van der Waals surface area contributed by atoms with Gasteiger partial charge in [0.05, 0.1) is 0 Å². The van der Waals surface area contributed by atoms with Crippen molar-refractivity contribution < 1.29 is 0 Å². The molecule has 0 aliphatic carbocycles. The summed E-state index contributed by atoms with van der Waals surface area (Å²) in [5.41, 5.74) is 6.51. The number of hydrogen-bond donors (Lipinski definition) is 1. The van der Waals surface area contributed by atoms with Crippen LogP contribution in [-0.2, 0) is 0 Å². The van der Waals surface area contributed by atoms with Crippen molar-refractivity contribution >= 4 is 11.8 Å². The fourth-order valence-electron chi connectivity index (χ4n) is 3.55. The van der Waals surface area contributed by atoms with Gasteiger partial charge >= 0.3 is 0 Å². The largest absolute Gasteiger partial charge is 0.329 e. The first-order valence-electron chi connectivity index (χ1n) is 8.00. The van der Waals surface area contributed by atoms with Gasteiger partial charge in [0, 0.05) is 36.2 Å². The molecule has 1 aliphatic rings. The zero-order chi connectivity index (χ0) is 14.5. The van der Waals surface area contributed by atoms with Crippen molar-refractivity contribution in [3.63, 3.8) is 0 Å². The van der Waals surface area contributed by atoms with E-state index in [1.165, 1.54) is 38.1 Å². The molecule has 0 aromatic heterocycles. The highest BCUT2D eigenvalue weighted by atomic mass is 32.2. The van der Waals surface area contributed by atoms with Crippen molar-refractivity contribution in [3.05, 3.63) is 0 Å². The number of rotatable bonds is 7. The smallest absolute Gasteiger partial charge is 0.0337 e. The minimum Gasteiger partial charge on any atom is -0.329 e. The van der Waals surface area contributed by atoms with Crippen LogP contribution in [0.2, 0.25) is 0 Å². The van der Waals surface area contributed by atoms with Crippen LogP contribution < -0.4 is 5.73 Å². The molecule has 0 bridgehead atoms. The Bertz CT molecular complexity index is 243. The summed E-state index contributed by atoms with van der Waals surface area (Å²) >= 11 is 2.15. The third kappa shape index (κ3) is 4.95. The topological polar surface area (TPSA) is 29.3 Å². The van der Waals surface area contributed by atoms with Crippen LogP contribution in [0.1, 0.15) is 53.9 Å². The van der Waals surface area contributed by atoms with Gasteiger partial charge in [-0.1, -0.05) is 34.6 Å². The fourth-order valence-corrected chi connectivity index (χ4v) is 4.73. The van der Waals surface area contributed by atoms with E-state index in [0.29, 0.717) is 0 Å². The van der Waals surface area contributed by atoms with Gasteiger partial charge in [0.2, 0.25) is 0 Å². The summed E-state index contributed by atoms with van der Waals surface area (Å²) in [6, 6.07) is 0. The first-order chi connectivity index (χ1) is 8.93. The normalized spacial score (nSPS) is 22.4. The molecule has 1 aliphatic heterocycles. The van der Waals surface area contributed by atoms with Crippen LogP contribution in [0.15, 0.2) is 0 Å². The highest BCUT2D eigenvalue weighted by molar-refractivity contribution is 8.00. The Morgan fingerprint density at radius 3 is 2.21 bits per heavy atom. The SMILES string of the molecule is CCC1CN(C(CN)(CC(C)C)CC(C)C)CCS1. The fraction of sp³-hybridized carbons (Fsp3) is 1.00. The van der Waals surface area contributed by atoms with Gasteiger partial charge in [0.15, 0.2) is 0 Å². The van der Waals surface area contributed by atoms with Crippen LogP contribution in [0.25, 0.3) is 0 Å². The predicted octanol–water partition coefficient (Wildman–Crippen LogP) is 3.60. The van der Waals surface area contributed by atoms with E-state index in [9.17, 15) is 0 Å². The van der Waals surface area contributed by atoms with Gasteiger partial charge in [-0.15, -0.1) is 0 Å². The minimum absolute atomic E-state index is 0.233. The summed E-state index contributed by atoms with van der Waals surface area (Å²) in [4.78, 5) is 2.73. The highest BCUT2D eigenvalue weighted by Gasteiger charge is 2.38. The van der Waals surface area contributed by atoms with Crippen molar-refractivity contribution in [1.29, 1.82) is 0 Å². The maximum absolute atomic E-state index is 6.27. The summed E-state index contributed by atoms with van der Waals surface area (Å²) in [6.45, 7) is 14.9. The first-order valence-corrected chi connectivity index (χ1v) is 9.05. The van der Waals surface area contributed by atoms with Crippen LogP contribution in [0.3, 0.4) is 0 Å². The van der Waals surface area contributed by atoms with E-state index in [1.54, 1.807) is 0 Å². The molecule has 1 saturated heterocycles. The van der Waals surface area contributed by atoms with Crippen molar-refractivity contribution in [1.82, 2.24) is 4.90 Å². The van der Waals surface area contributed by atoms with E-state index < -0.39 is 0 Å². The Balaban J connectivity index is 2.86. The number of nitrogens with zero attached hydrogens (tertiary/aromatic N) is 1. The van der Waals surface area contributed by atoms with Gasteiger partial charge in [-0.2, -0.15) is 11.8 Å². The molecule has 2 N–H and O–H groups in total. The van der Waals surface area contributed by atoms with E-state index in [1.807, 2.05) is 0 Å². The van der Waals surface area contributed by atoms with Gasteiger partial charge in [-0.25, -0.2) is 0 Å². The van der Waals surface area contributed by atoms with Crippen LogP contribution in [0, 0.1) is 11.8 Å². The second-order valence-electron chi connectivity index (χ2n) is 6.97. The molecule has 1 heterocycles. The molecule has 0 saturated carbocycles. The van der Waals surface area contributed by atoms with Crippen molar-refractivity contribution in [3.8, 4) is 0 Å². The Hall–Kier alpha value is 0.270. The Morgan fingerprint density at radius 1 is 1.21 bits per heavy atom. The van der Waals surface area contributed by atoms with E-state index in [-0.39, 0.29) is 5.54 Å². The molecule has 2 nitrogen and oxygen atoms in total. The second-order valence-corrected chi connectivity index (χ2v) is 8.38. The van der Waals surface area contributed by atoms with Gasteiger partial charge in [-0.3, -0.25) is 4.90 Å². The molecule has 1 fully saturated rings. The lowest BCUT2D eigenvalue weighted by Gasteiger charge is -2.49. The zero-order valence-electron chi connectivity index (χ0n) is 13.6. The van der Waals surface area contributed by atoms with Crippen LogP contribution >= 0.6 is 11.8 Å². The van der Waals surface area contributed by atoms with Crippen LogP contribution in [0.5, 0.6) is 0 Å². The minimum atomic E-state index is 0.233. The van der Waals surface area contributed by atoms with Crippen molar-refractivity contribution in [2.75, 3.05) is 25.4 Å². The quantitative estimate of drug-likeness (QED) is 0.775. The second kappa shape index (κ2) is 7.90. The first kappa shape index (κ1) is 17.3. The standard InChI is InChI=1S/C16H34N2S/c1-6-15-11-18(7-8-19-15)16(12-17,9-13(2)3)10-14(4)5/h13-15H,6-12,17H2,1-5H3. The van der Waals surface area contributed by atoms with Gasteiger partial charge in [0.1, 0.15) is 0 Å². The Kier molecular flexibility index (Phi) is 7.20. The number of nitrogens with two attached hydrogens (primary N) is 1. The Morgan fingerprint density at radius 2 is 1.79 bits per heavy atom. The summed E-state index contributed by atoms with van der Waals surface area (Å²) in [6.07, 6.45) is 3.76. The maximum Gasteiger partial charge on any atom is 0.0337 e. The average Bonchev–Trinajstić information content (AvgIpc) is 2.36. The molecule has 1 rings (SSSR count). The molecule has 114 valence electrons. The molecule has 0 aromatic carbocycles. The maximum atomic E-state index is 6.27. The third-order valence-corrected chi connectivity index (χ3v) is 5.59. The van der Waals surface area contributed by atoms with Crippen LogP contribution in [-0.4, -0.2) is 41.1 Å².